The molecule has 0 fully saturated rings. The Labute approximate surface area is 82.8 Å². The van der Waals surface area contributed by atoms with Crippen molar-refractivity contribution in [2.75, 3.05) is 6.61 Å². The average Bonchev–Trinajstić information content (AvgIpc) is 2.02. The summed E-state index contributed by atoms with van der Waals surface area (Å²) in [5, 5.41) is 0. The zero-order valence-electron chi connectivity index (χ0n) is 9.55. The lowest BCUT2D eigenvalue weighted by molar-refractivity contribution is 0.0330. The van der Waals surface area contributed by atoms with Crippen LogP contribution in [0.4, 0.5) is 0 Å². The Morgan fingerprint density at radius 3 is 2.23 bits per heavy atom. The zero-order valence-corrected chi connectivity index (χ0v) is 9.55. The van der Waals surface area contributed by atoms with Crippen molar-refractivity contribution in [3.63, 3.8) is 0 Å². The van der Waals surface area contributed by atoms with Crippen molar-refractivity contribution in [1.82, 2.24) is 0 Å². The summed E-state index contributed by atoms with van der Waals surface area (Å²) in [4.78, 5) is 0. The second kappa shape index (κ2) is 7.34. The van der Waals surface area contributed by atoms with Crippen molar-refractivity contribution in [3.05, 3.63) is 0 Å². The minimum Gasteiger partial charge on any atom is -0.377 e. The van der Waals surface area contributed by atoms with Gasteiger partial charge in [-0.25, -0.2) is 0 Å². The van der Waals surface area contributed by atoms with Gasteiger partial charge in [0.05, 0.1) is 6.10 Å². The fraction of sp³-hybridized carbons (Fsp3) is 1.00. The van der Waals surface area contributed by atoms with Crippen LogP contribution in [0.1, 0.15) is 47.0 Å². The number of nitrogens with two attached hydrogens (primary N) is 1. The van der Waals surface area contributed by atoms with Gasteiger partial charge in [-0.05, 0) is 25.7 Å². The van der Waals surface area contributed by atoms with Crippen LogP contribution in [0.3, 0.4) is 0 Å². The first kappa shape index (κ1) is 12.9. The van der Waals surface area contributed by atoms with Gasteiger partial charge in [-0.2, -0.15) is 0 Å². The number of hydrogen-bond donors (Lipinski definition) is 1. The van der Waals surface area contributed by atoms with E-state index in [2.05, 4.69) is 20.8 Å². The molecule has 80 valence electrons. The van der Waals surface area contributed by atoms with Crippen molar-refractivity contribution in [2.24, 2.45) is 11.7 Å². The predicted molar refractivity (Wildman–Crippen MR) is 57.8 cm³/mol. The van der Waals surface area contributed by atoms with Gasteiger partial charge in [0.1, 0.15) is 0 Å². The molecule has 2 N–H and O–H groups in total. The Balaban J connectivity index is 3.86. The van der Waals surface area contributed by atoms with Gasteiger partial charge >= 0.3 is 0 Å². The summed E-state index contributed by atoms with van der Waals surface area (Å²) in [6.45, 7) is 9.39. The normalized spacial score (nSPS) is 16.2. The van der Waals surface area contributed by atoms with Crippen LogP contribution in [-0.2, 0) is 4.74 Å². The van der Waals surface area contributed by atoms with E-state index in [-0.39, 0.29) is 12.1 Å². The van der Waals surface area contributed by atoms with Crippen molar-refractivity contribution in [1.29, 1.82) is 0 Å². The molecule has 0 aliphatic rings. The molecule has 0 saturated carbocycles. The third kappa shape index (κ3) is 6.05. The molecule has 2 atom stereocenters. The Kier molecular flexibility index (Phi) is 7.29. The smallest absolute Gasteiger partial charge is 0.0725 e. The molecular formula is C11H25NO. The van der Waals surface area contributed by atoms with E-state index in [1.165, 1.54) is 0 Å². The van der Waals surface area contributed by atoms with Crippen LogP contribution in [0, 0.1) is 5.92 Å². The summed E-state index contributed by atoms with van der Waals surface area (Å²) in [5.41, 5.74) is 6.07. The van der Waals surface area contributed by atoms with E-state index in [0.717, 1.165) is 25.9 Å². The monoisotopic (exact) mass is 187 g/mol. The van der Waals surface area contributed by atoms with Crippen LogP contribution in [0.5, 0.6) is 0 Å². The predicted octanol–water partition coefficient (Wildman–Crippen LogP) is 2.57. The van der Waals surface area contributed by atoms with Gasteiger partial charge in [0.25, 0.3) is 0 Å². The highest BCUT2D eigenvalue weighted by atomic mass is 16.5. The van der Waals surface area contributed by atoms with Crippen LogP contribution in [-0.4, -0.2) is 18.8 Å². The van der Waals surface area contributed by atoms with Crippen molar-refractivity contribution in [2.45, 2.75) is 59.1 Å². The minimum absolute atomic E-state index is 0.208. The van der Waals surface area contributed by atoms with Gasteiger partial charge in [0, 0.05) is 12.6 Å². The number of ether oxygens (including phenoxy) is 1. The Morgan fingerprint density at radius 1 is 1.23 bits per heavy atom. The summed E-state index contributed by atoms with van der Waals surface area (Å²) < 4.78 is 5.62. The van der Waals surface area contributed by atoms with Gasteiger partial charge < -0.3 is 10.5 Å². The van der Waals surface area contributed by atoms with E-state index in [1.54, 1.807) is 0 Å². The fourth-order valence-electron chi connectivity index (χ4n) is 1.62. The van der Waals surface area contributed by atoms with Gasteiger partial charge in [0.2, 0.25) is 0 Å². The third-order valence-electron chi connectivity index (χ3n) is 2.18. The summed E-state index contributed by atoms with van der Waals surface area (Å²) >= 11 is 0. The van der Waals surface area contributed by atoms with Crippen LogP contribution < -0.4 is 5.73 Å². The van der Waals surface area contributed by atoms with E-state index < -0.39 is 0 Å². The van der Waals surface area contributed by atoms with Gasteiger partial charge in [-0.3, -0.25) is 0 Å². The molecule has 0 aromatic rings. The zero-order chi connectivity index (χ0) is 10.3. The minimum atomic E-state index is 0.208. The quantitative estimate of drug-likeness (QED) is 0.665. The maximum absolute atomic E-state index is 6.07. The summed E-state index contributed by atoms with van der Waals surface area (Å²) in [6, 6.07) is 0.208. The lowest BCUT2D eigenvalue weighted by Gasteiger charge is -2.24. The first-order chi connectivity index (χ1) is 6.11. The Morgan fingerprint density at radius 2 is 1.85 bits per heavy atom. The highest BCUT2D eigenvalue weighted by molar-refractivity contribution is 4.74. The molecule has 2 nitrogen and oxygen atoms in total. The molecule has 2 unspecified atom stereocenters. The SMILES string of the molecule is CCCC(OCC)C(N)CC(C)C. The maximum Gasteiger partial charge on any atom is 0.0725 e. The molecule has 0 rings (SSSR count). The molecule has 0 bridgehead atoms. The summed E-state index contributed by atoms with van der Waals surface area (Å²) in [7, 11) is 0. The Hall–Kier alpha value is -0.0800. The van der Waals surface area contributed by atoms with Crippen LogP contribution in [0.15, 0.2) is 0 Å². The van der Waals surface area contributed by atoms with Gasteiger partial charge in [-0.1, -0.05) is 27.2 Å². The molecular weight excluding hydrogens is 162 g/mol. The second-order valence-electron chi connectivity index (χ2n) is 4.08. The lowest BCUT2D eigenvalue weighted by atomic mass is 9.97. The highest BCUT2D eigenvalue weighted by Crippen LogP contribution is 2.13. The lowest BCUT2D eigenvalue weighted by Crippen LogP contribution is -2.37. The Bertz CT molecular complexity index is 109. The molecule has 0 saturated heterocycles. The summed E-state index contributed by atoms with van der Waals surface area (Å²) in [5.74, 6) is 0.662. The van der Waals surface area contributed by atoms with Crippen molar-refractivity contribution >= 4 is 0 Å². The summed E-state index contributed by atoms with van der Waals surface area (Å²) in [6.07, 6.45) is 3.56. The molecule has 0 aliphatic heterocycles. The average molecular weight is 187 g/mol. The van der Waals surface area contributed by atoms with E-state index in [0.29, 0.717) is 5.92 Å². The van der Waals surface area contributed by atoms with Crippen molar-refractivity contribution < 1.29 is 4.74 Å². The van der Waals surface area contributed by atoms with Crippen LogP contribution in [0.25, 0.3) is 0 Å². The third-order valence-corrected chi connectivity index (χ3v) is 2.18. The highest BCUT2D eigenvalue weighted by Gasteiger charge is 2.17. The van der Waals surface area contributed by atoms with Gasteiger partial charge in [-0.15, -0.1) is 0 Å². The fourth-order valence-corrected chi connectivity index (χ4v) is 1.62. The van der Waals surface area contributed by atoms with Crippen LogP contribution in [0.2, 0.25) is 0 Å². The standard InChI is InChI=1S/C11H25NO/c1-5-7-11(13-6-2)10(12)8-9(3)4/h9-11H,5-8,12H2,1-4H3. The van der Waals surface area contributed by atoms with E-state index >= 15 is 0 Å². The largest absolute Gasteiger partial charge is 0.377 e. The number of hydrogen-bond acceptors (Lipinski definition) is 2. The van der Waals surface area contributed by atoms with Gasteiger partial charge in [0.15, 0.2) is 0 Å². The topological polar surface area (TPSA) is 35.2 Å². The molecule has 0 spiro atoms. The van der Waals surface area contributed by atoms with Crippen molar-refractivity contribution in [3.8, 4) is 0 Å². The first-order valence-electron chi connectivity index (χ1n) is 5.48. The van der Waals surface area contributed by atoms with Crippen LogP contribution >= 0.6 is 0 Å². The molecule has 0 aromatic carbocycles. The van der Waals surface area contributed by atoms with E-state index in [1.807, 2.05) is 6.92 Å². The first-order valence-corrected chi connectivity index (χ1v) is 5.48. The molecule has 0 amide bonds. The molecule has 0 aliphatic carbocycles. The number of rotatable bonds is 7. The maximum atomic E-state index is 6.07. The molecule has 0 radical (unpaired) electrons. The molecule has 0 heterocycles. The molecule has 13 heavy (non-hydrogen) atoms. The van der Waals surface area contributed by atoms with E-state index in [9.17, 15) is 0 Å². The molecule has 2 heteroatoms. The second-order valence-corrected chi connectivity index (χ2v) is 4.08. The van der Waals surface area contributed by atoms with E-state index in [4.69, 9.17) is 10.5 Å². The molecule has 0 aromatic heterocycles.